The molecule has 2 aromatic heterocycles. The first-order chi connectivity index (χ1) is 24.2. The summed E-state index contributed by atoms with van der Waals surface area (Å²) in [6, 6.07) is 25.4. The zero-order valence-corrected chi connectivity index (χ0v) is 22.1. The molecule has 9 aromatic rings. The lowest BCUT2D eigenvalue weighted by atomic mass is 9.86. The van der Waals surface area contributed by atoms with Gasteiger partial charge in [-0.05, 0) is 61.5 Å². The summed E-state index contributed by atoms with van der Waals surface area (Å²) in [6.07, 6.45) is 1.64. The van der Waals surface area contributed by atoms with Crippen molar-refractivity contribution in [2.75, 3.05) is 0 Å². The molecule has 196 valence electrons. The second-order valence-electron chi connectivity index (χ2n) is 10.3. The third-order valence-corrected chi connectivity index (χ3v) is 8.01. The summed E-state index contributed by atoms with van der Waals surface area (Å²) in [7, 11) is 0. The highest BCUT2D eigenvalue weighted by Crippen LogP contribution is 2.44. The van der Waals surface area contributed by atoms with Crippen molar-refractivity contribution < 1.29 is 19.8 Å². The number of hydrogen-bond donors (Lipinski definition) is 0. The number of benzene rings is 7. The van der Waals surface area contributed by atoms with Gasteiger partial charge in [-0.25, -0.2) is 0 Å². The molecule has 7 aromatic carbocycles. The van der Waals surface area contributed by atoms with Gasteiger partial charge in [0.05, 0.1) is 17.2 Å². The molecule has 0 atom stereocenters. The van der Waals surface area contributed by atoms with E-state index in [-0.39, 0.29) is 45.7 Å². The zero-order valence-electron chi connectivity index (χ0n) is 30.1. The van der Waals surface area contributed by atoms with Crippen molar-refractivity contribution in [3.63, 3.8) is 0 Å². The maximum absolute atomic E-state index is 9.13. The number of para-hydroxylation sites is 1. The van der Waals surface area contributed by atoms with E-state index in [1.54, 1.807) is 30.5 Å². The summed E-state index contributed by atoms with van der Waals surface area (Å²) >= 11 is 0. The fourth-order valence-electron chi connectivity index (χ4n) is 6.13. The van der Waals surface area contributed by atoms with E-state index in [9.17, 15) is 0 Å². The van der Waals surface area contributed by atoms with Crippen LogP contribution in [0.1, 0.15) is 11.0 Å². The summed E-state index contributed by atoms with van der Waals surface area (Å²) < 4.78 is 83.0. The molecule has 0 aliphatic heterocycles. The van der Waals surface area contributed by atoms with Gasteiger partial charge < -0.3 is 8.83 Å². The van der Waals surface area contributed by atoms with E-state index in [2.05, 4.69) is 0 Å². The molecule has 2 nitrogen and oxygen atoms in total. The molecule has 2 heteroatoms. The maximum atomic E-state index is 9.13. The largest absolute Gasteiger partial charge is 0.460 e. The predicted molar refractivity (Wildman–Crippen MR) is 175 cm³/mol. The summed E-state index contributed by atoms with van der Waals surface area (Å²) in [6.45, 7) is 0. The quantitative estimate of drug-likeness (QED) is 0.207. The molecule has 0 N–H and O–H groups in total. The van der Waals surface area contributed by atoms with Crippen molar-refractivity contribution in [1.82, 2.24) is 0 Å². The van der Waals surface area contributed by atoms with E-state index in [0.29, 0.717) is 39.0 Å². The van der Waals surface area contributed by atoms with E-state index in [1.807, 2.05) is 66.7 Å². The van der Waals surface area contributed by atoms with Gasteiger partial charge in [0.15, 0.2) is 11.2 Å². The van der Waals surface area contributed by atoms with Crippen LogP contribution < -0.4 is 0 Å². The van der Waals surface area contributed by atoms with E-state index < -0.39 is 24.2 Å². The maximum Gasteiger partial charge on any atom is 0.178 e. The molecular weight excluding hydrogens is 512 g/mol. The van der Waals surface area contributed by atoms with Gasteiger partial charge in [-0.1, -0.05) is 127 Å². The third-order valence-electron chi connectivity index (χ3n) is 8.01. The van der Waals surface area contributed by atoms with Crippen molar-refractivity contribution in [2.24, 2.45) is 0 Å². The molecule has 0 saturated heterocycles. The van der Waals surface area contributed by atoms with Crippen LogP contribution >= 0.6 is 0 Å². The van der Waals surface area contributed by atoms with Crippen molar-refractivity contribution in [3.8, 4) is 33.4 Å². The summed E-state index contributed by atoms with van der Waals surface area (Å²) in [5.41, 5.74) is 5.43. The Bertz CT molecular complexity index is 2810. The molecule has 0 spiro atoms. The van der Waals surface area contributed by atoms with E-state index >= 15 is 0 Å². The Kier molecular flexibility index (Phi) is 3.54. The third kappa shape index (κ3) is 3.33. The zero-order chi connectivity index (χ0) is 34.6. The molecule has 0 aliphatic carbocycles. The lowest BCUT2D eigenvalue weighted by molar-refractivity contribution is 0.600. The normalized spacial score (nSPS) is 14.5. The first kappa shape index (κ1) is 16.6. The fraction of sp³-hybridized carbons (Fsp3) is 0. The van der Waals surface area contributed by atoms with Gasteiger partial charge in [0.25, 0.3) is 0 Å². The van der Waals surface area contributed by atoms with Crippen LogP contribution in [-0.4, -0.2) is 0 Å². The molecule has 0 fully saturated rings. The van der Waals surface area contributed by atoms with Crippen LogP contribution in [0.25, 0.3) is 87.8 Å². The van der Waals surface area contributed by atoms with E-state index in [4.69, 9.17) is 19.8 Å². The first-order valence-corrected chi connectivity index (χ1v) is 13.6. The Hall–Kier alpha value is -5.60. The summed E-state index contributed by atoms with van der Waals surface area (Å²) in [4.78, 5) is 0. The van der Waals surface area contributed by atoms with Crippen molar-refractivity contribution in [2.45, 2.75) is 0 Å². The SMILES string of the molecule is [2H]c1c([2H])c([2H])c2c(-c3ccc(-c4cccc5c4oc4c5ccc5ccoc54)cc3)c3c([2H])c([2H])c([2H])c([2H])c3c(-c3ccccc3)c2c1[2H]. The van der Waals surface area contributed by atoms with Gasteiger partial charge in [-0.3, -0.25) is 0 Å². The van der Waals surface area contributed by atoms with E-state index in [1.165, 1.54) is 0 Å². The first-order valence-electron chi connectivity index (χ1n) is 17.6. The second-order valence-corrected chi connectivity index (χ2v) is 10.3. The molecule has 0 amide bonds. The molecule has 0 unspecified atom stereocenters. The average Bonchev–Trinajstić information content (AvgIpc) is 3.79. The average molecular weight is 545 g/mol. The highest BCUT2D eigenvalue weighted by Gasteiger charge is 2.18. The topological polar surface area (TPSA) is 26.3 Å². The van der Waals surface area contributed by atoms with Gasteiger partial charge in [-0.2, -0.15) is 0 Å². The number of hydrogen-bond acceptors (Lipinski definition) is 2. The van der Waals surface area contributed by atoms with Gasteiger partial charge in [0.1, 0.15) is 5.58 Å². The van der Waals surface area contributed by atoms with Crippen LogP contribution in [0.2, 0.25) is 0 Å². The highest BCUT2D eigenvalue weighted by atomic mass is 16.4. The molecule has 42 heavy (non-hydrogen) atoms. The van der Waals surface area contributed by atoms with Crippen LogP contribution in [0.4, 0.5) is 0 Å². The predicted octanol–water partition coefficient (Wildman–Crippen LogP) is 11.6. The minimum atomic E-state index is -0.429. The monoisotopic (exact) mass is 544 g/mol. The fourth-order valence-corrected chi connectivity index (χ4v) is 6.13. The van der Waals surface area contributed by atoms with Crippen LogP contribution in [0.5, 0.6) is 0 Å². The van der Waals surface area contributed by atoms with Crippen LogP contribution in [0, 0.1) is 0 Å². The van der Waals surface area contributed by atoms with Crippen LogP contribution in [-0.2, 0) is 0 Å². The van der Waals surface area contributed by atoms with E-state index in [0.717, 1.165) is 27.3 Å². The molecule has 9 rings (SSSR count). The molecule has 0 aliphatic rings. The van der Waals surface area contributed by atoms with Gasteiger partial charge in [0, 0.05) is 21.7 Å². The minimum absolute atomic E-state index is 0.182. The van der Waals surface area contributed by atoms with Crippen molar-refractivity contribution >= 4 is 54.5 Å². The summed E-state index contributed by atoms with van der Waals surface area (Å²) in [5, 5.41) is 3.55. The number of rotatable bonds is 3. The van der Waals surface area contributed by atoms with Crippen molar-refractivity contribution in [1.29, 1.82) is 0 Å². The molecular formula is C40H24O2. The highest BCUT2D eigenvalue weighted by molar-refractivity contribution is 6.21. The molecule has 0 bridgehead atoms. The second kappa shape index (κ2) is 8.95. The Morgan fingerprint density at radius 3 is 1.69 bits per heavy atom. The number of fused-ring (bicyclic) bond motifs is 7. The standard InChI is InChI=1S/C40H24O2/c1-2-9-26(10-3-1)36-30-11-4-6-13-32(30)37(33-14-7-5-12-31(33)36)27-19-17-25(18-20-27)29-15-8-16-34-35-22-21-28-23-24-41-38(28)40(35)42-39(29)34/h1-24H/i4D,5D,6D,7D,11D,12D,13D,14D. The van der Waals surface area contributed by atoms with Gasteiger partial charge in [0.2, 0.25) is 0 Å². The molecule has 0 radical (unpaired) electrons. The van der Waals surface area contributed by atoms with Crippen LogP contribution in [0.3, 0.4) is 0 Å². The van der Waals surface area contributed by atoms with Crippen molar-refractivity contribution in [3.05, 3.63) is 146 Å². The Labute approximate surface area is 253 Å². The lowest BCUT2D eigenvalue weighted by Gasteiger charge is -2.18. The molecule has 0 saturated carbocycles. The van der Waals surface area contributed by atoms with Gasteiger partial charge in [-0.15, -0.1) is 0 Å². The number of furan rings is 2. The minimum Gasteiger partial charge on any atom is -0.460 e. The molecule has 2 heterocycles. The van der Waals surface area contributed by atoms with Crippen LogP contribution in [0.15, 0.2) is 154 Å². The lowest BCUT2D eigenvalue weighted by Crippen LogP contribution is -1.90. The van der Waals surface area contributed by atoms with Gasteiger partial charge >= 0.3 is 0 Å². The smallest absolute Gasteiger partial charge is 0.178 e. The Balaban J connectivity index is 1.37. The summed E-state index contributed by atoms with van der Waals surface area (Å²) in [5.74, 6) is 0. The Morgan fingerprint density at radius 1 is 0.429 bits per heavy atom. The Morgan fingerprint density at radius 2 is 1.02 bits per heavy atom.